The molecule has 0 aliphatic rings. The van der Waals surface area contributed by atoms with Gasteiger partial charge in [0.05, 0.1) is 15.5 Å². The zero-order valence-electron chi connectivity index (χ0n) is 20.4. The van der Waals surface area contributed by atoms with Gasteiger partial charge in [0, 0.05) is 12.2 Å². The summed E-state index contributed by atoms with van der Waals surface area (Å²) in [4.78, 5) is 24.8. The van der Waals surface area contributed by atoms with E-state index in [1.54, 1.807) is 12.1 Å². The molecule has 3 rings (SSSR count). The average Bonchev–Trinajstić information content (AvgIpc) is 2.89. The maximum absolute atomic E-state index is 13.0. The molecule has 210 valence electrons. The highest BCUT2D eigenvalue weighted by atomic mass is 32.2. The number of benzene rings is 3. The van der Waals surface area contributed by atoms with Crippen molar-refractivity contribution in [3.8, 4) is 5.75 Å². The van der Waals surface area contributed by atoms with Crippen LogP contribution in [0.15, 0.2) is 87.7 Å². The minimum Gasteiger partial charge on any atom is -0.508 e. The Morgan fingerprint density at radius 3 is 1.75 bits per heavy atom. The first kappa shape index (κ1) is 29.9. The second-order valence-electron chi connectivity index (χ2n) is 8.07. The fraction of sp³-hybridized carbons (Fsp3) is 0.0833. The van der Waals surface area contributed by atoms with Gasteiger partial charge in [-0.1, -0.05) is 12.1 Å². The van der Waals surface area contributed by atoms with Crippen molar-refractivity contribution < 1.29 is 40.6 Å². The highest BCUT2D eigenvalue weighted by Gasteiger charge is 2.24. The lowest BCUT2D eigenvalue weighted by Crippen LogP contribution is -2.41. The second-order valence-corrected chi connectivity index (χ2v) is 10.9. The first-order valence-electron chi connectivity index (χ1n) is 11.2. The molecule has 0 aliphatic carbocycles. The van der Waals surface area contributed by atoms with E-state index in [9.17, 15) is 31.5 Å². The predicted octanol–water partition coefficient (Wildman–Crippen LogP) is 1.67. The second kappa shape index (κ2) is 12.5. The van der Waals surface area contributed by atoms with E-state index in [0.717, 1.165) is 29.8 Å². The van der Waals surface area contributed by atoms with Gasteiger partial charge in [-0.15, -0.1) is 0 Å². The molecular weight excluding hydrogens is 566 g/mol. The largest absolute Gasteiger partial charge is 0.508 e. The Morgan fingerprint density at radius 1 is 0.750 bits per heavy atom. The molecule has 0 aromatic heterocycles. The maximum Gasteiger partial charge on any atom is 0.294 e. The molecule has 0 fully saturated rings. The minimum atomic E-state index is -4.47. The Hall–Kier alpha value is -4.64. The fourth-order valence-electron chi connectivity index (χ4n) is 3.12. The monoisotopic (exact) mass is 589 g/mol. The molecule has 14 nitrogen and oxygen atoms in total. The summed E-state index contributed by atoms with van der Waals surface area (Å²) < 4.78 is 63.1. The van der Waals surface area contributed by atoms with Crippen LogP contribution in [-0.2, 0) is 36.2 Å². The Kier molecular flexibility index (Phi) is 9.33. The first-order chi connectivity index (χ1) is 18.7. The summed E-state index contributed by atoms with van der Waals surface area (Å²) in [5, 5.41) is 26.3. The normalized spacial score (nSPS) is 11.9. The van der Waals surface area contributed by atoms with Crippen molar-refractivity contribution in [1.82, 2.24) is 5.32 Å². The molecule has 16 heteroatoms. The number of carbonyl (C=O) groups is 2. The van der Waals surface area contributed by atoms with Crippen LogP contribution >= 0.6 is 0 Å². The summed E-state index contributed by atoms with van der Waals surface area (Å²) in [5.74, 6) is -1.90. The number of nitrogens with zero attached hydrogens (tertiary/aromatic N) is 1. The van der Waals surface area contributed by atoms with Crippen molar-refractivity contribution in [2.45, 2.75) is 16.2 Å². The minimum absolute atomic E-state index is 0.0585. The van der Waals surface area contributed by atoms with Gasteiger partial charge in [0.25, 0.3) is 32.1 Å². The van der Waals surface area contributed by atoms with Crippen LogP contribution < -0.4 is 16.1 Å². The lowest BCUT2D eigenvalue weighted by molar-refractivity contribution is -0.115. The number of aromatic hydroxyl groups is 1. The molecule has 0 aliphatic heterocycles. The van der Waals surface area contributed by atoms with Crippen molar-refractivity contribution >= 4 is 54.8 Å². The molecule has 0 spiro atoms. The zero-order valence-corrected chi connectivity index (χ0v) is 22.0. The van der Waals surface area contributed by atoms with Crippen LogP contribution in [0.5, 0.6) is 5.75 Å². The van der Waals surface area contributed by atoms with E-state index >= 15 is 0 Å². The van der Waals surface area contributed by atoms with Crippen LogP contribution in [0.4, 0.5) is 11.4 Å². The molecule has 3 aromatic rings. The molecule has 0 atom stereocenters. The highest BCUT2D eigenvalue weighted by molar-refractivity contribution is 7.86. The van der Waals surface area contributed by atoms with E-state index in [4.69, 9.17) is 14.5 Å². The van der Waals surface area contributed by atoms with Crippen LogP contribution in [-0.4, -0.2) is 60.8 Å². The smallest absolute Gasteiger partial charge is 0.294 e. The van der Waals surface area contributed by atoms with Crippen molar-refractivity contribution in [3.05, 3.63) is 78.4 Å². The van der Waals surface area contributed by atoms with Gasteiger partial charge >= 0.3 is 0 Å². The van der Waals surface area contributed by atoms with E-state index in [2.05, 4.69) is 21.2 Å². The number of anilines is 2. The summed E-state index contributed by atoms with van der Waals surface area (Å²) in [7, 11) is -8.92. The topological polar surface area (TPSA) is 235 Å². The van der Waals surface area contributed by atoms with Crippen LogP contribution in [0, 0.1) is 5.41 Å². The SMILES string of the molecule is N=C(C(=O)NCCc1ccc(O)cc1)C(=NNc1ccc(S(=O)(=O)O)cc1)C(=O)Nc1ccc(S(=O)(=O)O)cc1. The van der Waals surface area contributed by atoms with Gasteiger partial charge in [-0.2, -0.15) is 21.9 Å². The number of phenols is 1. The van der Waals surface area contributed by atoms with E-state index < -0.39 is 53.3 Å². The number of hydrogen-bond donors (Lipinski definition) is 7. The van der Waals surface area contributed by atoms with Crippen molar-refractivity contribution in [1.29, 1.82) is 5.41 Å². The number of nitrogens with one attached hydrogen (secondary N) is 4. The van der Waals surface area contributed by atoms with Crippen LogP contribution in [0.1, 0.15) is 5.56 Å². The average molecular weight is 590 g/mol. The summed E-state index contributed by atoms with van der Waals surface area (Å²) in [6.07, 6.45) is 0.358. The summed E-state index contributed by atoms with van der Waals surface area (Å²) in [6, 6.07) is 15.2. The van der Waals surface area contributed by atoms with Gasteiger partial charge in [0.15, 0.2) is 11.4 Å². The molecule has 40 heavy (non-hydrogen) atoms. The first-order valence-corrected chi connectivity index (χ1v) is 14.1. The number of phenolic OH excluding ortho intramolecular Hbond substituents is 1. The Bertz CT molecular complexity index is 1650. The third kappa shape index (κ3) is 8.43. The van der Waals surface area contributed by atoms with Gasteiger partial charge < -0.3 is 15.7 Å². The highest BCUT2D eigenvalue weighted by Crippen LogP contribution is 2.15. The predicted molar refractivity (Wildman–Crippen MR) is 145 cm³/mol. The lowest BCUT2D eigenvalue weighted by Gasteiger charge is -2.11. The van der Waals surface area contributed by atoms with Crippen molar-refractivity contribution in [3.63, 3.8) is 0 Å². The van der Waals surface area contributed by atoms with Crippen LogP contribution in [0.2, 0.25) is 0 Å². The fourth-order valence-corrected chi connectivity index (χ4v) is 4.08. The van der Waals surface area contributed by atoms with Crippen LogP contribution in [0.25, 0.3) is 0 Å². The molecular formula is C24H23N5O9S2. The number of carbonyl (C=O) groups excluding carboxylic acids is 2. The van der Waals surface area contributed by atoms with Gasteiger partial charge in [-0.05, 0) is 72.6 Å². The van der Waals surface area contributed by atoms with Gasteiger partial charge in [0.2, 0.25) is 0 Å². The zero-order chi connectivity index (χ0) is 29.5. The van der Waals surface area contributed by atoms with E-state index in [-0.39, 0.29) is 23.7 Å². The Balaban J connectivity index is 1.78. The van der Waals surface area contributed by atoms with Gasteiger partial charge in [-0.25, -0.2) is 0 Å². The molecule has 0 unspecified atom stereocenters. The van der Waals surface area contributed by atoms with Crippen molar-refractivity contribution in [2.75, 3.05) is 17.3 Å². The van der Waals surface area contributed by atoms with Gasteiger partial charge in [0.1, 0.15) is 5.75 Å². The molecule has 0 bridgehead atoms. The van der Waals surface area contributed by atoms with Gasteiger partial charge in [-0.3, -0.25) is 29.5 Å². The summed E-state index contributed by atoms with van der Waals surface area (Å²) in [6.45, 7) is 0.0858. The van der Waals surface area contributed by atoms with E-state index in [1.165, 1.54) is 36.4 Å². The number of amides is 2. The summed E-state index contributed by atoms with van der Waals surface area (Å²) in [5.41, 5.74) is 1.92. The molecule has 7 N–H and O–H groups in total. The molecule has 0 saturated heterocycles. The molecule has 3 aromatic carbocycles. The van der Waals surface area contributed by atoms with Crippen LogP contribution in [0.3, 0.4) is 0 Å². The third-order valence-electron chi connectivity index (χ3n) is 5.17. The standard InChI is InChI=1S/C24H23N5O9S2/c25-21(23(31)26-14-13-15-1-7-18(30)8-2-15)22(29-28-17-5-11-20(12-6-17)40(36,37)38)24(32)27-16-3-9-19(10-4-16)39(33,34)35/h1-12,25,28,30H,13-14H2,(H,26,31)(H,27,32)(H,33,34,35)(H,36,37,38). The number of rotatable bonds is 11. The third-order valence-corrected chi connectivity index (χ3v) is 6.91. The molecule has 0 radical (unpaired) electrons. The summed E-state index contributed by atoms with van der Waals surface area (Å²) >= 11 is 0. The number of hydrazone groups is 1. The molecule has 0 saturated carbocycles. The quantitative estimate of drug-likeness (QED) is 0.0970. The Morgan fingerprint density at radius 2 is 1.25 bits per heavy atom. The van der Waals surface area contributed by atoms with E-state index in [0.29, 0.717) is 6.42 Å². The molecule has 2 amide bonds. The molecule has 0 heterocycles. The Labute approximate surface area is 228 Å². The van der Waals surface area contributed by atoms with Crippen molar-refractivity contribution in [2.24, 2.45) is 5.10 Å². The van der Waals surface area contributed by atoms with E-state index in [1.807, 2.05) is 0 Å². The maximum atomic E-state index is 13.0. The lowest BCUT2D eigenvalue weighted by atomic mass is 10.1. The number of hydrogen-bond acceptors (Lipinski definition) is 10.